The molecule has 1 aliphatic heterocycles. The van der Waals surface area contributed by atoms with E-state index in [0.717, 1.165) is 35.8 Å². The van der Waals surface area contributed by atoms with Gasteiger partial charge < -0.3 is 10.2 Å². The SMILES string of the molecule is CCNc1nc(N2CCCC2CC)c2ccccc2n1. The van der Waals surface area contributed by atoms with Gasteiger partial charge in [-0.05, 0) is 38.3 Å². The molecule has 106 valence electrons. The number of benzene rings is 1. The number of hydrogen-bond acceptors (Lipinski definition) is 4. The molecule has 0 saturated carbocycles. The number of aromatic nitrogens is 2. The minimum absolute atomic E-state index is 0.614. The van der Waals surface area contributed by atoms with E-state index in [0.29, 0.717) is 6.04 Å². The predicted octanol–water partition coefficient (Wildman–Crippen LogP) is 3.44. The van der Waals surface area contributed by atoms with Crippen molar-refractivity contribution in [3.8, 4) is 0 Å². The summed E-state index contributed by atoms with van der Waals surface area (Å²) in [5.74, 6) is 1.83. The molecule has 1 aromatic carbocycles. The number of anilines is 2. The molecule has 0 radical (unpaired) electrons. The fourth-order valence-electron chi connectivity index (χ4n) is 3.05. The quantitative estimate of drug-likeness (QED) is 0.924. The van der Waals surface area contributed by atoms with Crippen LogP contribution in [0.15, 0.2) is 24.3 Å². The Hall–Kier alpha value is -1.84. The van der Waals surface area contributed by atoms with Gasteiger partial charge in [0.2, 0.25) is 5.95 Å². The molecule has 2 aromatic rings. The molecule has 0 aliphatic carbocycles. The number of rotatable bonds is 4. The monoisotopic (exact) mass is 270 g/mol. The number of nitrogens with one attached hydrogen (secondary N) is 1. The molecule has 1 fully saturated rings. The summed E-state index contributed by atoms with van der Waals surface area (Å²) in [7, 11) is 0. The molecular weight excluding hydrogens is 248 g/mol. The third kappa shape index (κ3) is 2.30. The highest BCUT2D eigenvalue weighted by Gasteiger charge is 2.26. The van der Waals surface area contributed by atoms with Crippen molar-refractivity contribution in [1.82, 2.24) is 9.97 Å². The van der Waals surface area contributed by atoms with Crippen LogP contribution >= 0.6 is 0 Å². The molecule has 4 nitrogen and oxygen atoms in total. The summed E-state index contributed by atoms with van der Waals surface area (Å²) >= 11 is 0. The first-order valence-electron chi connectivity index (χ1n) is 7.60. The molecule has 1 unspecified atom stereocenters. The Kier molecular flexibility index (Phi) is 3.72. The topological polar surface area (TPSA) is 41.1 Å². The molecular formula is C16H22N4. The third-order valence-electron chi connectivity index (χ3n) is 4.04. The van der Waals surface area contributed by atoms with Crippen LogP contribution in [0.5, 0.6) is 0 Å². The van der Waals surface area contributed by atoms with Gasteiger partial charge >= 0.3 is 0 Å². The summed E-state index contributed by atoms with van der Waals surface area (Å²) in [5, 5.41) is 4.41. The largest absolute Gasteiger partial charge is 0.354 e. The zero-order valence-electron chi connectivity index (χ0n) is 12.3. The van der Waals surface area contributed by atoms with Gasteiger partial charge in [-0.15, -0.1) is 0 Å². The second-order valence-corrected chi connectivity index (χ2v) is 5.32. The van der Waals surface area contributed by atoms with E-state index in [1.165, 1.54) is 19.3 Å². The number of fused-ring (bicyclic) bond motifs is 1. The Bertz CT molecular complexity index is 596. The Labute approximate surface area is 120 Å². The van der Waals surface area contributed by atoms with Crippen LogP contribution in [-0.4, -0.2) is 29.1 Å². The predicted molar refractivity (Wildman–Crippen MR) is 84.4 cm³/mol. The zero-order chi connectivity index (χ0) is 13.9. The van der Waals surface area contributed by atoms with Crippen LogP contribution in [0, 0.1) is 0 Å². The van der Waals surface area contributed by atoms with Crippen molar-refractivity contribution < 1.29 is 0 Å². The molecule has 1 aromatic heterocycles. The van der Waals surface area contributed by atoms with Crippen molar-refractivity contribution in [2.24, 2.45) is 0 Å². The van der Waals surface area contributed by atoms with Crippen molar-refractivity contribution in [1.29, 1.82) is 0 Å². The van der Waals surface area contributed by atoms with Crippen LogP contribution in [0.4, 0.5) is 11.8 Å². The zero-order valence-corrected chi connectivity index (χ0v) is 12.3. The average molecular weight is 270 g/mol. The van der Waals surface area contributed by atoms with Crippen molar-refractivity contribution in [2.45, 2.75) is 39.2 Å². The Morgan fingerprint density at radius 2 is 2.10 bits per heavy atom. The van der Waals surface area contributed by atoms with Gasteiger partial charge in [-0.3, -0.25) is 0 Å². The normalized spacial score (nSPS) is 18.7. The summed E-state index contributed by atoms with van der Waals surface area (Å²) in [4.78, 5) is 11.8. The van der Waals surface area contributed by atoms with Crippen molar-refractivity contribution in [2.75, 3.05) is 23.3 Å². The first kappa shape index (κ1) is 13.2. The molecule has 0 spiro atoms. The highest BCUT2D eigenvalue weighted by molar-refractivity contribution is 5.90. The maximum Gasteiger partial charge on any atom is 0.225 e. The van der Waals surface area contributed by atoms with E-state index in [4.69, 9.17) is 4.98 Å². The van der Waals surface area contributed by atoms with Crippen molar-refractivity contribution in [3.63, 3.8) is 0 Å². The lowest BCUT2D eigenvalue weighted by molar-refractivity contribution is 0.642. The summed E-state index contributed by atoms with van der Waals surface area (Å²) < 4.78 is 0. The van der Waals surface area contributed by atoms with Gasteiger partial charge in [0.25, 0.3) is 0 Å². The van der Waals surface area contributed by atoms with Crippen molar-refractivity contribution >= 4 is 22.7 Å². The summed E-state index contributed by atoms with van der Waals surface area (Å²) in [6.45, 7) is 6.28. The van der Waals surface area contributed by atoms with Crippen LogP contribution in [0.3, 0.4) is 0 Å². The van der Waals surface area contributed by atoms with Crippen LogP contribution in [0.2, 0.25) is 0 Å². The van der Waals surface area contributed by atoms with Gasteiger partial charge in [0.05, 0.1) is 5.52 Å². The fraction of sp³-hybridized carbons (Fsp3) is 0.500. The minimum Gasteiger partial charge on any atom is -0.354 e. The summed E-state index contributed by atoms with van der Waals surface area (Å²) in [5.41, 5.74) is 1.02. The maximum atomic E-state index is 4.77. The van der Waals surface area contributed by atoms with Gasteiger partial charge in [0.15, 0.2) is 0 Å². The van der Waals surface area contributed by atoms with E-state index in [1.807, 2.05) is 6.07 Å². The molecule has 1 atom stereocenters. The van der Waals surface area contributed by atoms with E-state index < -0.39 is 0 Å². The third-order valence-corrected chi connectivity index (χ3v) is 4.04. The summed E-state index contributed by atoms with van der Waals surface area (Å²) in [6.07, 6.45) is 3.70. The Morgan fingerprint density at radius 3 is 2.90 bits per heavy atom. The lowest BCUT2D eigenvalue weighted by Crippen LogP contribution is -2.29. The highest BCUT2D eigenvalue weighted by Crippen LogP contribution is 2.31. The van der Waals surface area contributed by atoms with Gasteiger partial charge in [0, 0.05) is 24.5 Å². The van der Waals surface area contributed by atoms with Gasteiger partial charge in [-0.2, -0.15) is 4.98 Å². The van der Waals surface area contributed by atoms with E-state index in [1.54, 1.807) is 0 Å². The van der Waals surface area contributed by atoms with Crippen molar-refractivity contribution in [3.05, 3.63) is 24.3 Å². The lowest BCUT2D eigenvalue weighted by atomic mass is 10.1. The van der Waals surface area contributed by atoms with E-state index in [9.17, 15) is 0 Å². The Balaban J connectivity index is 2.11. The molecule has 0 amide bonds. The molecule has 1 saturated heterocycles. The van der Waals surface area contributed by atoms with Crippen LogP contribution in [0.25, 0.3) is 10.9 Å². The molecule has 1 N–H and O–H groups in total. The first-order chi connectivity index (χ1) is 9.83. The second kappa shape index (κ2) is 5.65. The van der Waals surface area contributed by atoms with Gasteiger partial charge in [0.1, 0.15) is 5.82 Å². The van der Waals surface area contributed by atoms with Crippen LogP contribution in [-0.2, 0) is 0 Å². The molecule has 1 aliphatic rings. The standard InChI is InChI=1S/C16H22N4/c1-3-12-8-7-11-20(12)15-13-9-5-6-10-14(13)18-16(19-15)17-4-2/h5-6,9-10,12H,3-4,7-8,11H2,1-2H3,(H,17,18,19). The summed E-state index contributed by atoms with van der Waals surface area (Å²) in [6, 6.07) is 8.92. The molecule has 2 heterocycles. The molecule has 3 rings (SSSR count). The van der Waals surface area contributed by atoms with E-state index in [-0.39, 0.29) is 0 Å². The number of hydrogen-bond donors (Lipinski definition) is 1. The van der Waals surface area contributed by atoms with E-state index >= 15 is 0 Å². The number of para-hydroxylation sites is 1. The molecule has 20 heavy (non-hydrogen) atoms. The molecule has 4 heteroatoms. The van der Waals surface area contributed by atoms with Gasteiger partial charge in [-0.25, -0.2) is 4.98 Å². The number of nitrogens with zero attached hydrogens (tertiary/aromatic N) is 3. The molecule has 0 bridgehead atoms. The Morgan fingerprint density at radius 1 is 1.25 bits per heavy atom. The van der Waals surface area contributed by atoms with E-state index in [2.05, 4.69) is 47.2 Å². The highest BCUT2D eigenvalue weighted by atomic mass is 15.3. The maximum absolute atomic E-state index is 4.77. The lowest BCUT2D eigenvalue weighted by Gasteiger charge is -2.26. The second-order valence-electron chi connectivity index (χ2n) is 5.32. The first-order valence-corrected chi connectivity index (χ1v) is 7.60. The fourth-order valence-corrected chi connectivity index (χ4v) is 3.05. The smallest absolute Gasteiger partial charge is 0.225 e. The average Bonchev–Trinajstić information content (AvgIpc) is 2.95. The van der Waals surface area contributed by atoms with Gasteiger partial charge in [-0.1, -0.05) is 19.1 Å². The van der Waals surface area contributed by atoms with Crippen LogP contribution in [0.1, 0.15) is 33.1 Å². The minimum atomic E-state index is 0.614. The van der Waals surface area contributed by atoms with Crippen LogP contribution < -0.4 is 10.2 Å².